The van der Waals surface area contributed by atoms with Crippen LogP contribution in [-0.2, 0) is 58.0 Å². The van der Waals surface area contributed by atoms with Gasteiger partial charge < -0.3 is 27.9 Å². The summed E-state index contributed by atoms with van der Waals surface area (Å²) in [5.41, 5.74) is 0. The van der Waals surface area contributed by atoms with E-state index in [4.69, 9.17) is 14.2 Å². The van der Waals surface area contributed by atoms with E-state index in [9.17, 15) is 38.9 Å². The van der Waals surface area contributed by atoms with Crippen LogP contribution >= 0.6 is 0 Å². The zero-order valence-electron chi connectivity index (χ0n) is 16.4. The SMILES string of the molecule is CC1(C)O[C@@H]2O[C@H]([C@@H](COS(=O)(=O)[O-])OS(=O)(=O)[O-])[C@H](OS(=O)(=O)[O-])[C@H]2O1.[K+].[K+].[K+]. The van der Waals surface area contributed by atoms with Crippen molar-refractivity contribution in [3.63, 3.8) is 0 Å². The summed E-state index contributed by atoms with van der Waals surface area (Å²) in [7, 11) is -16.3. The van der Waals surface area contributed by atoms with Crippen molar-refractivity contribution in [3.8, 4) is 0 Å². The van der Waals surface area contributed by atoms with Crippen molar-refractivity contribution in [2.45, 2.75) is 50.3 Å². The average Bonchev–Trinajstić information content (AvgIpc) is 2.84. The third-order valence-corrected chi connectivity index (χ3v) is 4.61. The minimum absolute atomic E-state index is 0. The minimum Gasteiger partial charge on any atom is -0.726 e. The first-order valence-electron chi connectivity index (χ1n) is 6.85. The molecule has 2 fully saturated rings. The van der Waals surface area contributed by atoms with Crippen LogP contribution in [0.15, 0.2) is 0 Å². The maximum Gasteiger partial charge on any atom is 1.00 e. The van der Waals surface area contributed by atoms with Gasteiger partial charge in [0, 0.05) is 0 Å². The van der Waals surface area contributed by atoms with Crippen molar-refractivity contribution in [2.75, 3.05) is 6.61 Å². The molecule has 2 aliphatic heterocycles. The van der Waals surface area contributed by atoms with Crippen LogP contribution in [-0.4, -0.2) is 82.0 Å². The van der Waals surface area contributed by atoms with Gasteiger partial charge in [-0.2, -0.15) is 0 Å². The smallest absolute Gasteiger partial charge is 0.726 e. The van der Waals surface area contributed by atoms with Gasteiger partial charge in [-0.05, 0) is 13.8 Å². The fraction of sp³-hybridized carbons (Fsp3) is 1.00. The summed E-state index contributed by atoms with van der Waals surface area (Å²) in [4.78, 5) is 0. The molecule has 0 radical (unpaired) electrons. The largest absolute Gasteiger partial charge is 1.00 e. The molecule has 0 aliphatic carbocycles. The first kappa shape index (κ1) is 36.6. The molecule has 0 N–H and O–H groups in total. The third-order valence-electron chi connectivity index (χ3n) is 3.24. The molecule has 21 heteroatoms. The molecule has 0 amide bonds. The van der Waals surface area contributed by atoms with Gasteiger partial charge in [0.25, 0.3) is 0 Å². The van der Waals surface area contributed by atoms with Gasteiger partial charge in [0.2, 0.25) is 31.2 Å². The van der Waals surface area contributed by atoms with E-state index in [1.54, 1.807) is 0 Å². The Morgan fingerprint density at radius 1 is 0.900 bits per heavy atom. The van der Waals surface area contributed by atoms with Crippen molar-refractivity contribution in [3.05, 3.63) is 0 Å². The minimum atomic E-state index is -5.51. The summed E-state index contributed by atoms with van der Waals surface area (Å²) < 4.78 is 125. The second-order valence-corrected chi connectivity index (χ2v) is 8.84. The number of ether oxygens (including phenoxy) is 3. The Morgan fingerprint density at radius 3 is 1.87 bits per heavy atom. The molecule has 2 aliphatic rings. The van der Waals surface area contributed by atoms with Gasteiger partial charge in [0.05, 0.1) is 6.61 Å². The average molecular weight is 575 g/mol. The van der Waals surface area contributed by atoms with Crippen molar-refractivity contribution in [1.82, 2.24) is 0 Å². The number of hydrogen-bond acceptors (Lipinski definition) is 15. The van der Waals surface area contributed by atoms with Gasteiger partial charge >= 0.3 is 154 Å². The van der Waals surface area contributed by atoms with Crippen LogP contribution in [0.1, 0.15) is 13.8 Å². The second-order valence-electron chi connectivity index (χ2n) is 5.77. The van der Waals surface area contributed by atoms with Crippen molar-refractivity contribution >= 4 is 31.2 Å². The van der Waals surface area contributed by atoms with Crippen LogP contribution in [0.3, 0.4) is 0 Å². The molecule has 2 rings (SSSR count). The van der Waals surface area contributed by atoms with E-state index in [1.807, 2.05) is 0 Å². The van der Waals surface area contributed by atoms with Gasteiger partial charge in [0.15, 0.2) is 12.1 Å². The monoisotopic (exact) mass is 574 g/mol. The molecule has 15 nitrogen and oxygen atoms in total. The van der Waals surface area contributed by atoms with E-state index < -0.39 is 74.3 Å². The molecule has 0 aromatic carbocycles. The van der Waals surface area contributed by atoms with Crippen LogP contribution in [0.4, 0.5) is 0 Å². The Hall–Kier alpha value is 4.40. The molecule has 160 valence electrons. The summed E-state index contributed by atoms with van der Waals surface area (Å²) in [6.07, 6.45) is -8.82. The van der Waals surface area contributed by atoms with E-state index in [0.29, 0.717) is 0 Å². The van der Waals surface area contributed by atoms with Crippen LogP contribution in [0.5, 0.6) is 0 Å². The molecular weight excluding hydrogens is 562 g/mol. The Morgan fingerprint density at radius 2 is 1.43 bits per heavy atom. The fourth-order valence-electron chi connectivity index (χ4n) is 2.53. The summed E-state index contributed by atoms with van der Waals surface area (Å²) in [5.74, 6) is -1.32. The first-order valence-corrected chi connectivity index (χ1v) is 10.9. The van der Waals surface area contributed by atoms with Gasteiger partial charge in [-0.25, -0.2) is 25.3 Å². The van der Waals surface area contributed by atoms with Crippen LogP contribution in [0.2, 0.25) is 0 Å². The predicted molar refractivity (Wildman–Crippen MR) is 73.5 cm³/mol. The first-order chi connectivity index (χ1) is 12.0. The molecule has 0 bridgehead atoms. The Balaban J connectivity index is 0. The summed E-state index contributed by atoms with van der Waals surface area (Å²) in [6.45, 7) is 1.42. The van der Waals surface area contributed by atoms with E-state index in [-0.39, 0.29) is 154 Å². The Bertz CT molecular complexity index is 872. The van der Waals surface area contributed by atoms with E-state index in [0.717, 1.165) is 0 Å². The predicted octanol–water partition coefficient (Wildman–Crippen LogP) is -12.0. The van der Waals surface area contributed by atoms with Crippen molar-refractivity contribution in [1.29, 1.82) is 0 Å². The summed E-state index contributed by atoms with van der Waals surface area (Å²) >= 11 is 0. The molecule has 0 spiro atoms. The van der Waals surface area contributed by atoms with Gasteiger partial charge in [-0.15, -0.1) is 0 Å². The Kier molecular flexibility index (Phi) is 16.8. The van der Waals surface area contributed by atoms with E-state index in [2.05, 4.69) is 12.5 Å². The molecule has 0 unspecified atom stereocenters. The topological polar surface area (TPSA) is 227 Å². The normalized spacial score (nSPS) is 29.1. The van der Waals surface area contributed by atoms with Crippen LogP contribution in [0.25, 0.3) is 0 Å². The van der Waals surface area contributed by atoms with Gasteiger partial charge in [-0.3, -0.25) is 12.5 Å². The molecule has 0 saturated carbocycles. The second kappa shape index (κ2) is 13.8. The summed E-state index contributed by atoms with van der Waals surface area (Å²) in [6, 6.07) is 0. The van der Waals surface area contributed by atoms with Gasteiger partial charge in [0.1, 0.15) is 24.4 Å². The molecule has 2 heterocycles. The Labute approximate surface area is 301 Å². The van der Waals surface area contributed by atoms with Crippen molar-refractivity contribution in [2.24, 2.45) is 0 Å². The number of hydrogen-bond donors (Lipinski definition) is 0. The molecule has 0 aromatic heterocycles. The molecule has 2 saturated heterocycles. The fourth-order valence-corrected chi connectivity index (χ4v) is 3.79. The van der Waals surface area contributed by atoms with Crippen molar-refractivity contribution < 1.29 is 220 Å². The molecule has 0 aromatic rings. The van der Waals surface area contributed by atoms with Crippen LogP contribution < -0.4 is 154 Å². The summed E-state index contributed by atoms with van der Waals surface area (Å²) in [5, 5.41) is 0. The standard InChI is InChI=1S/C9H16O15S3.3K/c1-9(2)21-7-6(24-27(16,17)18)5(20-8(7)22-9)4(23-26(13,14)15)3-19-25(10,11)12;;;/h4-8H,3H2,1-2H3,(H,10,11,12)(H,13,14,15)(H,16,17,18);;;/q;3*+1/p-3/t4-,5-,6+,7-,8+;;;/m1.../s1. The quantitative estimate of drug-likeness (QED) is 0.149. The van der Waals surface area contributed by atoms with Crippen LogP contribution in [0, 0.1) is 0 Å². The number of rotatable bonds is 8. The molecule has 5 atom stereocenters. The van der Waals surface area contributed by atoms with Gasteiger partial charge in [-0.1, -0.05) is 0 Å². The molecule has 30 heavy (non-hydrogen) atoms. The zero-order chi connectivity index (χ0) is 20.8. The van der Waals surface area contributed by atoms with E-state index in [1.165, 1.54) is 13.8 Å². The third kappa shape index (κ3) is 12.6. The maximum atomic E-state index is 11.0. The molecular formula is C9H13K3O15S3. The van der Waals surface area contributed by atoms with E-state index >= 15 is 0 Å². The number of fused-ring (bicyclic) bond motifs is 1. The maximum absolute atomic E-state index is 11.0. The zero-order valence-corrected chi connectivity index (χ0v) is 28.3.